The van der Waals surface area contributed by atoms with Crippen LogP contribution in [0.1, 0.15) is 62.6 Å². The van der Waals surface area contributed by atoms with Gasteiger partial charge in [0.1, 0.15) is 6.61 Å². The molecule has 126 valence electrons. The molecule has 1 aliphatic heterocycles. The number of anilines is 1. The van der Waals surface area contributed by atoms with Crippen LogP contribution in [0.3, 0.4) is 0 Å². The fourth-order valence-electron chi connectivity index (χ4n) is 4.80. The van der Waals surface area contributed by atoms with Crippen molar-refractivity contribution in [1.82, 2.24) is 14.9 Å². The number of aromatic nitrogens is 2. The second-order valence-electron chi connectivity index (χ2n) is 7.45. The molecule has 1 aromatic rings. The summed E-state index contributed by atoms with van der Waals surface area (Å²) in [5, 5.41) is 0. The lowest BCUT2D eigenvalue weighted by atomic mass is 9.72. The number of nitrogen functional groups attached to an aromatic ring is 1. The number of likely N-dealkylation sites (tertiary alicyclic amines) is 1. The average Bonchev–Trinajstić information content (AvgIpc) is 3.21. The van der Waals surface area contributed by atoms with Crippen molar-refractivity contribution in [2.75, 3.05) is 32.0 Å². The highest BCUT2D eigenvalue weighted by Crippen LogP contribution is 2.49. The van der Waals surface area contributed by atoms with Gasteiger partial charge in [-0.15, -0.1) is 0 Å². The highest BCUT2D eigenvalue weighted by atomic mass is 16.5. The lowest BCUT2D eigenvalue weighted by Crippen LogP contribution is -2.31. The van der Waals surface area contributed by atoms with Crippen molar-refractivity contribution in [1.29, 1.82) is 0 Å². The van der Waals surface area contributed by atoms with Crippen LogP contribution in [0.15, 0.2) is 0 Å². The largest absolute Gasteiger partial charge is 0.476 e. The maximum Gasteiger partial charge on any atom is 0.223 e. The quantitative estimate of drug-likeness (QED) is 0.925. The minimum absolute atomic E-state index is 0.262. The topological polar surface area (TPSA) is 64.3 Å². The van der Waals surface area contributed by atoms with E-state index in [1.165, 1.54) is 75.7 Å². The third-order valence-corrected chi connectivity index (χ3v) is 5.98. The Kier molecular flexibility index (Phi) is 4.14. The van der Waals surface area contributed by atoms with Crippen molar-refractivity contribution in [3.8, 4) is 5.88 Å². The van der Waals surface area contributed by atoms with E-state index in [4.69, 9.17) is 10.5 Å². The SMILES string of the molecule is Nc1nc(OCCN2CCCC2)c2c(n1)C1(CCCC1)CCC2. The summed E-state index contributed by atoms with van der Waals surface area (Å²) in [7, 11) is 0. The first kappa shape index (κ1) is 15.2. The van der Waals surface area contributed by atoms with Gasteiger partial charge in [-0.2, -0.15) is 4.98 Å². The molecule has 23 heavy (non-hydrogen) atoms. The Balaban J connectivity index is 1.54. The predicted octanol–water partition coefficient (Wildman–Crippen LogP) is 2.68. The van der Waals surface area contributed by atoms with Gasteiger partial charge < -0.3 is 10.5 Å². The van der Waals surface area contributed by atoms with E-state index in [0.717, 1.165) is 18.8 Å². The van der Waals surface area contributed by atoms with Crippen molar-refractivity contribution in [3.05, 3.63) is 11.3 Å². The van der Waals surface area contributed by atoms with Crippen molar-refractivity contribution < 1.29 is 4.74 Å². The lowest BCUT2D eigenvalue weighted by Gasteiger charge is -2.35. The van der Waals surface area contributed by atoms with Gasteiger partial charge in [0.2, 0.25) is 11.8 Å². The van der Waals surface area contributed by atoms with Gasteiger partial charge in [-0.3, -0.25) is 4.90 Å². The molecule has 2 heterocycles. The minimum atomic E-state index is 0.262. The molecule has 5 nitrogen and oxygen atoms in total. The normalized spacial score (nSPS) is 23.3. The lowest BCUT2D eigenvalue weighted by molar-refractivity contribution is 0.227. The molecule has 1 aromatic heterocycles. The zero-order valence-corrected chi connectivity index (χ0v) is 14.0. The zero-order chi connectivity index (χ0) is 15.7. The van der Waals surface area contributed by atoms with Crippen LogP contribution < -0.4 is 10.5 Å². The van der Waals surface area contributed by atoms with Crippen LogP contribution in [0.4, 0.5) is 5.95 Å². The molecular weight excluding hydrogens is 288 g/mol. The summed E-state index contributed by atoms with van der Waals surface area (Å²) < 4.78 is 6.08. The van der Waals surface area contributed by atoms with E-state index in [2.05, 4.69) is 14.9 Å². The van der Waals surface area contributed by atoms with E-state index < -0.39 is 0 Å². The van der Waals surface area contributed by atoms with Gasteiger partial charge in [-0.05, 0) is 58.0 Å². The van der Waals surface area contributed by atoms with Crippen LogP contribution in [-0.4, -0.2) is 41.1 Å². The van der Waals surface area contributed by atoms with Crippen LogP contribution in [0.2, 0.25) is 0 Å². The molecule has 3 aliphatic rings. The van der Waals surface area contributed by atoms with E-state index in [1.54, 1.807) is 0 Å². The van der Waals surface area contributed by atoms with E-state index in [1.807, 2.05) is 0 Å². The molecule has 0 aromatic carbocycles. The van der Waals surface area contributed by atoms with E-state index in [0.29, 0.717) is 12.6 Å². The first-order valence-electron chi connectivity index (χ1n) is 9.29. The standard InChI is InChI=1S/C18H28N4O/c19-17-20-15-14(6-5-9-18(15)7-1-2-8-18)16(21-17)23-13-12-22-10-3-4-11-22/h1-13H2,(H2,19,20,21). The molecule has 4 rings (SSSR count). The molecule has 2 N–H and O–H groups in total. The number of hydrogen-bond donors (Lipinski definition) is 1. The Morgan fingerprint density at radius 3 is 2.52 bits per heavy atom. The van der Waals surface area contributed by atoms with Gasteiger partial charge in [0.25, 0.3) is 0 Å². The molecule has 2 fully saturated rings. The number of nitrogens with zero attached hydrogens (tertiary/aromatic N) is 3. The van der Waals surface area contributed by atoms with Crippen LogP contribution in [0, 0.1) is 0 Å². The maximum absolute atomic E-state index is 6.08. The predicted molar refractivity (Wildman–Crippen MR) is 90.7 cm³/mol. The third-order valence-electron chi connectivity index (χ3n) is 5.98. The molecule has 0 atom stereocenters. The molecule has 1 saturated carbocycles. The summed E-state index contributed by atoms with van der Waals surface area (Å²) in [6, 6.07) is 0. The molecule has 2 aliphatic carbocycles. The molecule has 1 spiro atoms. The molecule has 0 unspecified atom stereocenters. The summed E-state index contributed by atoms with van der Waals surface area (Å²) in [5.41, 5.74) is 8.73. The van der Waals surface area contributed by atoms with Gasteiger partial charge in [-0.25, -0.2) is 4.98 Å². The first-order valence-corrected chi connectivity index (χ1v) is 9.29. The Morgan fingerprint density at radius 1 is 1.00 bits per heavy atom. The smallest absolute Gasteiger partial charge is 0.223 e. The summed E-state index contributed by atoms with van der Waals surface area (Å²) in [4.78, 5) is 11.6. The summed E-state index contributed by atoms with van der Waals surface area (Å²) in [6.07, 6.45) is 11.3. The van der Waals surface area contributed by atoms with Crippen molar-refractivity contribution in [3.63, 3.8) is 0 Å². The van der Waals surface area contributed by atoms with Gasteiger partial charge in [0.15, 0.2) is 0 Å². The Hall–Kier alpha value is -1.36. The minimum Gasteiger partial charge on any atom is -0.476 e. The van der Waals surface area contributed by atoms with Gasteiger partial charge >= 0.3 is 0 Å². The summed E-state index contributed by atoms with van der Waals surface area (Å²) >= 11 is 0. The Labute approximate surface area is 138 Å². The monoisotopic (exact) mass is 316 g/mol. The molecule has 0 radical (unpaired) electrons. The van der Waals surface area contributed by atoms with Gasteiger partial charge in [-0.1, -0.05) is 12.8 Å². The Morgan fingerprint density at radius 2 is 1.74 bits per heavy atom. The van der Waals surface area contributed by atoms with Crippen LogP contribution in [-0.2, 0) is 11.8 Å². The molecule has 0 bridgehead atoms. The third kappa shape index (κ3) is 2.91. The summed E-state index contributed by atoms with van der Waals surface area (Å²) in [6.45, 7) is 4.10. The second-order valence-corrected chi connectivity index (χ2v) is 7.45. The van der Waals surface area contributed by atoms with E-state index in [-0.39, 0.29) is 5.41 Å². The van der Waals surface area contributed by atoms with Crippen molar-refractivity contribution in [2.24, 2.45) is 0 Å². The van der Waals surface area contributed by atoms with E-state index in [9.17, 15) is 0 Å². The van der Waals surface area contributed by atoms with Gasteiger partial charge in [0.05, 0.1) is 5.69 Å². The number of rotatable bonds is 4. The second kappa shape index (κ2) is 6.27. The molecule has 1 saturated heterocycles. The number of fused-ring (bicyclic) bond motifs is 2. The fourth-order valence-corrected chi connectivity index (χ4v) is 4.80. The Bertz CT molecular complexity index is 562. The van der Waals surface area contributed by atoms with Crippen LogP contribution >= 0.6 is 0 Å². The first-order chi connectivity index (χ1) is 11.3. The fraction of sp³-hybridized carbons (Fsp3) is 0.778. The van der Waals surface area contributed by atoms with E-state index >= 15 is 0 Å². The van der Waals surface area contributed by atoms with Crippen LogP contribution in [0.5, 0.6) is 5.88 Å². The van der Waals surface area contributed by atoms with Crippen molar-refractivity contribution >= 4 is 5.95 Å². The average molecular weight is 316 g/mol. The number of ether oxygens (including phenoxy) is 1. The molecular formula is C18H28N4O. The number of nitrogens with two attached hydrogens (primary N) is 1. The zero-order valence-electron chi connectivity index (χ0n) is 14.0. The number of hydrogen-bond acceptors (Lipinski definition) is 5. The maximum atomic E-state index is 6.08. The highest BCUT2D eigenvalue weighted by molar-refractivity contribution is 5.42. The van der Waals surface area contributed by atoms with Crippen molar-refractivity contribution in [2.45, 2.75) is 63.2 Å². The molecule has 0 amide bonds. The molecule has 5 heteroatoms. The highest BCUT2D eigenvalue weighted by Gasteiger charge is 2.42. The summed E-state index contributed by atoms with van der Waals surface area (Å²) in [5.74, 6) is 1.14. The van der Waals surface area contributed by atoms with Crippen LogP contribution in [0.25, 0.3) is 0 Å². The van der Waals surface area contributed by atoms with Gasteiger partial charge in [0, 0.05) is 17.5 Å².